The van der Waals surface area contributed by atoms with Crippen molar-refractivity contribution in [1.29, 1.82) is 0 Å². The minimum Gasteiger partial charge on any atom is -0.340 e. The number of nitrogens with zero attached hydrogens (tertiary/aromatic N) is 1. The lowest BCUT2D eigenvalue weighted by Gasteiger charge is -2.22. The zero-order chi connectivity index (χ0) is 20.5. The smallest absolute Gasteiger partial charge is 0.241 e. The van der Waals surface area contributed by atoms with Crippen molar-refractivity contribution in [2.75, 3.05) is 19.6 Å². The van der Waals surface area contributed by atoms with Crippen LogP contribution in [0, 0.1) is 40.5 Å². The molecule has 0 aromatic heterocycles. The van der Waals surface area contributed by atoms with Gasteiger partial charge in [0.1, 0.15) is 0 Å². The van der Waals surface area contributed by atoms with Gasteiger partial charge < -0.3 is 10.6 Å². The van der Waals surface area contributed by atoms with Crippen molar-refractivity contribution >= 4 is 15.9 Å². The summed E-state index contributed by atoms with van der Waals surface area (Å²) in [5, 5.41) is 0. The van der Waals surface area contributed by atoms with Gasteiger partial charge in [-0.2, -0.15) is 0 Å². The third-order valence-corrected chi connectivity index (χ3v) is 7.88. The van der Waals surface area contributed by atoms with Crippen LogP contribution in [0.15, 0.2) is 4.90 Å². The maximum absolute atomic E-state index is 12.9. The van der Waals surface area contributed by atoms with Crippen LogP contribution in [0.25, 0.3) is 0 Å². The molecule has 1 aliphatic rings. The van der Waals surface area contributed by atoms with E-state index in [2.05, 4.69) is 4.72 Å². The summed E-state index contributed by atoms with van der Waals surface area (Å²) in [6.07, 6.45) is 1.07. The highest BCUT2D eigenvalue weighted by Crippen LogP contribution is 2.29. The van der Waals surface area contributed by atoms with Crippen molar-refractivity contribution < 1.29 is 13.2 Å². The molecule has 2 rings (SSSR count). The number of rotatable bonds is 6. The molecule has 0 aliphatic carbocycles. The second-order valence-electron chi connectivity index (χ2n) is 7.83. The fraction of sp³-hybridized carbons (Fsp3) is 0.650. The molecule has 1 heterocycles. The largest absolute Gasteiger partial charge is 0.340 e. The van der Waals surface area contributed by atoms with Crippen molar-refractivity contribution in [3.63, 3.8) is 0 Å². The van der Waals surface area contributed by atoms with Crippen LogP contribution in [0.3, 0.4) is 0 Å². The molecule has 1 aliphatic heterocycles. The number of benzene rings is 1. The molecule has 27 heavy (non-hydrogen) atoms. The number of likely N-dealkylation sites (tertiary alicyclic amines) is 1. The molecule has 0 saturated carbocycles. The van der Waals surface area contributed by atoms with E-state index < -0.39 is 10.0 Å². The van der Waals surface area contributed by atoms with Crippen LogP contribution in [0.4, 0.5) is 0 Å². The molecule has 0 radical (unpaired) electrons. The number of hydrogen-bond donors (Lipinski definition) is 2. The van der Waals surface area contributed by atoms with Gasteiger partial charge >= 0.3 is 0 Å². The van der Waals surface area contributed by atoms with E-state index in [0.29, 0.717) is 23.9 Å². The van der Waals surface area contributed by atoms with Crippen molar-refractivity contribution in [2.24, 2.45) is 11.7 Å². The Morgan fingerprint density at radius 1 is 1.07 bits per heavy atom. The lowest BCUT2D eigenvalue weighted by atomic mass is 9.95. The summed E-state index contributed by atoms with van der Waals surface area (Å²) in [5.41, 5.74) is 10.4. The molecule has 2 unspecified atom stereocenters. The van der Waals surface area contributed by atoms with E-state index in [4.69, 9.17) is 5.73 Å². The second-order valence-corrected chi connectivity index (χ2v) is 9.54. The average Bonchev–Trinajstić information content (AvgIpc) is 2.99. The van der Waals surface area contributed by atoms with E-state index in [1.54, 1.807) is 0 Å². The normalized spacial score (nSPS) is 20.3. The number of carbonyl (C=O) groups is 1. The summed E-state index contributed by atoms with van der Waals surface area (Å²) in [4.78, 5) is 14.6. The predicted octanol–water partition coefficient (Wildman–Crippen LogP) is 2.09. The highest BCUT2D eigenvalue weighted by molar-refractivity contribution is 7.89. The molecule has 1 fully saturated rings. The zero-order valence-corrected chi connectivity index (χ0v) is 18.2. The average molecular weight is 396 g/mol. The molecule has 1 aromatic rings. The van der Waals surface area contributed by atoms with Gasteiger partial charge in [-0.15, -0.1) is 0 Å². The Bertz CT molecular complexity index is 804. The van der Waals surface area contributed by atoms with Crippen LogP contribution in [-0.2, 0) is 14.8 Å². The van der Waals surface area contributed by atoms with Gasteiger partial charge in [0.15, 0.2) is 0 Å². The summed E-state index contributed by atoms with van der Waals surface area (Å²) in [7, 11) is -3.67. The van der Waals surface area contributed by atoms with Gasteiger partial charge in [0.05, 0.1) is 4.90 Å². The Morgan fingerprint density at radius 2 is 1.59 bits per heavy atom. The maximum atomic E-state index is 12.9. The standard InChI is InChI=1S/C20H33N3O3S/c1-12-9-18(10-21)11-23(12)19(24)7-8-22-27(25,26)20-16(5)14(3)13(2)15(4)17(20)6/h12,18,22H,7-11,21H2,1-6H3. The Kier molecular flexibility index (Phi) is 6.71. The predicted molar refractivity (Wildman–Crippen MR) is 108 cm³/mol. The lowest BCUT2D eigenvalue weighted by Crippen LogP contribution is -2.37. The minimum atomic E-state index is -3.67. The third kappa shape index (κ3) is 4.36. The van der Waals surface area contributed by atoms with Gasteiger partial charge in [-0.05, 0) is 88.2 Å². The van der Waals surface area contributed by atoms with Gasteiger partial charge in [-0.1, -0.05) is 0 Å². The Labute approximate surface area is 163 Å². The molecule has 1 amide bonds. The van der Waals surface area contributed by atoms with E-state index in [1.807, 2.05) is 46.4 Å². The number of amides is 1. The first-order valence-corrected chi connectivity index (χ1v) is 11.1. The van der Waals surface area contributed by atoms with Crippen molar-refractivity contribution in [1.82, 2.24) is 9.62 Å². The van der Waals surface area contributed by atoms with E-state index in [9.17, 15) is 13.2 Å². The fourth-order valence-corrected chi connectivity index (χ4v) is 5.66. The molecule has 2 atom stereocenters. The Balaban J connectivity index is 2.09. The number of nitrogens with one attached hydrogen (secondary N) is 1. The molecular formula is C20H33N3O3S. The Morgan fingerprint density at radius 3 is 2.07 bits per heavy atom. The first kappa shape index (κ1) is 21.9. The third-order valence-electron chi connectivity index (χ3n) is 6.15. The van der Waals surface area contributed by atoms with Crippen molar-refractivity contribution in [3.05, 3.63) is 27.8 Å². The van der Waals surface area contributed by atoms with E-state index in [-0.39, 0.29) is 24.9 Å². The fourth-order valence-electron chi connectivity index (χ4n) is 4.04. The molecule has 152 valence electrons. The number of hydrogen-bond acceptors (Lipinski definition) is 4. The first-order chi connectivity index (χ1) is 12.5. The minimum absolute atomic E-state index is 0.0224. The molecular weight excluding hydrogens is 362 g/mol. The van der Waals surface area contributed by atoms with Crippen LogP contribution < -0.4 is 10.5 Å². The van der Waals surface area contributed by atoms with Crippen LogP contribution in [0.1, 0.15) is 47.6 Å². The van der Waals surface area contributed by atoms with Crippen LogP contribution in [0.2, 0.25) is 0 Å². The summed E-state index contributed by atoms with van der Waals surface area (Å²) in [6, 6.07) is 0.162. The van der Waals surface area contributed by atoms with E-state index in [1.165, 1.54) is 0 Å². The van der Waals surface area contributed by atoms with Gasteiger partial charge in [-0.25, -0.2) is 13.1 Å². The molecule has 3 N–H and O–H groups in total. The molecule has 0 bridgehead atoms. The molecule has 0 spiro atoms. The van der Waals surface area contributed by atoms with Crippen molar-refractivity contribution in [2.45, 2.75) is 65.3 Å². The summed E-state index contributed by atoms with van der Waals surface area (Å²) in [5.74, 6) is 0.315. The molecule has 6 nitrogen and oxygen atoms in total. The van der Waals surface area contributed by atoms with Gasteiger partial charge in [0.25, 0.3) is 0 Å². The summed E-state index contributed by atoms with van der Waals surface area (Å²) in [6.45, 7) is 12.9. The molecule has 7 heteroatoms. The van der Waals surface area contributed by atoms with Crippen molar-refractivity contribution in [3.8, 4) is 0 Å². The highest BCUT2D eigenvalue weighted by atomic mass is 32.2. The quantitative estimate of drug-likeness (QED) is 0.771. The van der Waals surface area contributed by atoms with E-state index in [0.717, 1.165) is 34.2 Å². The number of nitrogens with two attached hydrogens (primary N) is 1. The summed E-state index contributed by atoms with van der Waals surface area (Å²) < 4.78 is 28.4. The number of sulfonamides is 1. The first-order valence-electron chi connectivity index (χ1n) is 9.57. The van der Waals surface area contributed by atoms with Gasteiger partial charge in [-0.3, -0.25) is 4.79 Å². The highest BCUT2D eigenvalue weighted by Gasteiger charge is 2.31. The SMILES string of the molecule is Cc1c(C)c(C)c(S(=O)(=O)NCCC(=O)N2CC(CN)CC2C)c(C)c1C. The number of carbonyl (C=O) groups excluding carboxylic acids is 1. The maximum Gasteiger partial charge on any atom is 0.241 e. The topological polar surface area (TPSA) is 92.5 Å². The zero-order valence-electron chi connectivity index (χ0n) is 17.3. The summed E-state index contributed by atoms with van der Waals surface area (Å²) >= 11 is 0. The molecule has 1 aromatic carbocycles. The van der Waals surface area contributed by atoms with Crippen LogP contribution >= 0.6 is 0 Å². The van der Waals surface area contributed by atoms with Gasteiger partial charge in [0, 0.05) is 25.6 Å². The monoisotopic (exact) mass is 395 g/mol. The lowest BCUT2D eigenvalue weighted by molar-refractivity contribution is -0.131. The van der Waals surface area contributed by atoms with Gasteiger partial charge in [0.2, 0.25) is 15.9 Å². The molecule has 1 saturated heterocycles. The van der Waals surface area contributed by atoms with E-state index >= 15 is 0 Å². The second kappa shape index (κ2) is 8.29. The Hall–Kier alpha value is -1.44. The van der Waals surface area contributed by atoms with Crippen LogP contribution in [-0.4, -0.2) is 44.9 Å². The van der Waals surface area contributed by atoms with Crippen LogP contribution in [0.5, 0.6) is 0 Å².